The number of hydrogen-bond donors (Lipinski definition) is 1. The van der Waals surface area contributed by atoms with Crippen LogP contribution in [-0.4, -0.2) is 37.0 Å². The monoisotopic (exact) mass is 156 g/mol. The Morgan fingerprint density at radius 2 is 2.27 bits per heavy atom. The zero-order valence-electron chi connectivity index (χ0n) is 7.26. The van der Waals surface area contributed by atoms with Crippen molar-refractivity contribution in [2.24, 2.45) is 0 Å². The highest BCUT2D eigenvalue weighted by molar-refractivity contribution is 5.76. The van der Waals surface area contributed by atoms with E-state index >= 15 is 0 Å². The molecule has 0 unspecified atom stereocenters. The van der Waals surface area contributed by atoms with Gasteiger partial charge < -0.3 is 10.2 Å². The van der Waals surface area contributed by atoms with E-state index < -0.39 is 0 Å². The number of carbonyl (C=O) groups excluding carboxylic acids is 1. The maximum absolute atomic E-state index is 11.0. The molecule has 0 aromatic heterocycles. The quantitative estimate of drug-likeness (QED) is 0.634. The lowest BCUT2D eigenvalue weighted by Crippen LogP contribution is -2.57. The number of nitrogens with one attached hydrogen (secondary N) is 1. The van der Waals surface area contributed by atoms with Crippen molar-refractivity contribution in [2.45, 2.75) is 25.8 Å². The summed E-state index contributed by atoms with van der Waals surface area (Å²) >= 11 is 0. The minimum absolute atomic E-state index is 0.200. The standard InChI is InChI=1S/C8H16N2O/c1-3-4-8(11)9-7-5-10(2)6-7/h7H,3-6H2,1-2H3,(H,9,11). The van der Waals surface area contributed by atoms with Gasteiger partial charge in [-0.1, -0.05) is 6.92 Å². The van der Waals surface area contributed by atoms with E-state index in [2.05, 4.69) is 17.3 Å². The first kappa shape index (κ1) is 8.53. The van der Waals surface area contributed by atoms with Crippen LogP contribution in [-0.2, 0) is 4.79 Å². The second-order valence-electron chi connectivity index (χ2n) is 3.24. The molecule has 64 valence electrons. The Bertz CT molecular complexity index is 141. The SMILES string of the molecule is CCCC(=O)NC1CN(C)C1. The summed E-state index contributed by atoms with van der Waals surface area (Å²) in [6.45, 7) is 4.04. The third kappa shape index (κ3) is 2.50. The van der Waals surface area contributed by atoms with Crippen LogP contribution in [0.15, 0.2) is 0 Å². The second kappa shape index (κ2) is 3.72. The Balaban J connectivity index is 2.07. The zero-order valence-corrected chi connectivity index (χ0v) is 7.26. The number of likely N-dealkylation sites (N-methyl/N-ethyl adjacent to an activating group) is 1. The molecule has 1 saturated heterocycles. The summed E-state index contributed by atoms with van der Waals surface area (Å²) in [6, 6.07) is 0.416. The topological polar surface area (TPSA) is 32.3 Å². The Kier molecular flexibility index (Phi) is 2.88. The fourth-order valence-electron chi connectivity index (χ4n) is 1.32. The van der Waals surface area contributed by atoms with E-state index in [-0.39, 0.29) is 5.91 Å². The molecule has 11 heavy (non-hydrogen) atoms. The molecule has 0 radical (unpaired) electrons. The minimum atomic E-state index is 0.200. The molecule has 1 aliphatic rings. The van der Waals surface area contributed by atoms with Crippen LogP contribution < -0.4 is 5.32 Å². The van der Waals surface area contributed by atoms with Gasteiger partial charge in [0.2, 0.25) is 5.91 Å². The number of rotatable bonds is 3. The van der Waals surface area contributed by atoms with E-state index in [0.29, 0.717) is 12.5 Å². The van der Waals surface area contributed by atoms with Crippen molar-refractivity contribution in [3.05, 3.63) is 0 Å². The van der Waals surface area contributed by atoms with Crippen molar-refractivity contribution < 1.29 is 4.79 Å². The summed E-state index contributed by atoms with van der Waals surface area (Å²) < 4.78 is 0. The molecular weight excluding hydrogens is 140 g/mol. The molecule has 0 aromatic rings. The van der Waals surface area contributed by atoms with Crippen molar-refractivity contribution in [3.63, 3.8) is 0 Å². The maximum atomic E-state index is 11.0. The summed E-state index contributed by atoms with van der Waals surface area (Å²) in [7, 11) is 2.06. The molecule has 0 aliphatic carbocycles. The predicted molar refractivity (Wildman–Crippen MR) is 44.3 cm³/mol. The first-order valence-electron chi connectivity index (χ1n) is 4.20. The number of likely N-dealkylation sites (tertiary alicyclic amines) is 1. The highest BCUT2D eigenvalue weighted by Gasteiger charge is 2.23. The largest absolute Gasteiger partial charge is 0.351 e. The molecular formula is C8H16N2O. The van der Waals surface area contributed by atoms with Gasteiger partial charge in [0.15, 0.2) is 0 Å². The van der Waals surface area contributed by atoms with Gasteiger partial charge in [-0.25, -0.2) is 0 Å². The highest BCUT2D eigenvalue weighted by atomic mass is 16.1. The summed E-state index contributed by atoms with van der Waals surface area (Å²) in [6.07, 6.45) is 1.61. The van der Waals surface area contributed by atoms with Gasteiger partial charge in [0, 0.05) is 19.5 Å². The van der Waals surface area contributed by atoms with E-state index in [4.69, 9.17) is 0 Å². The number of hydrogen-bond acceptors (Lipinski definition) is 2. The van der Waals surface area contributed by atoms with E-state index in [1.807, 2.05) is 6.92 Å². The first-order chi connectivity index (χ1) is 5.22. The summed E-state index contributed by atoms with van der Waals surface area (Å²) in [4.78, 5) is 13.2. The van der Waals surface area contributed by atoms with Gasteiger partial charge in [0.1, 0.15) is 0 Å². The van der Waals surface area contributed by atoms with Crippen LogP contribution in [0.5, 0.6) is 0 Å². The third-order valence-electron chi connectivity index (χ3n) is 1.91. The third-order valence-corrected chi connectivity index (χ3v) is 1.91. The molecule has 1 rings (SSSR count). The smallest absolute Gasteiger partial charge is 0.220 e. The Morgan fingerprint density at radius 3 is 2.73 bits per heavy atom. The molecule has 1 N–H and O–H groups in total. The van der Waals surface area contributed by atoms with E-state index in [1.54, 1.807) is 0 Å². The van der Waals surface area contributed by atoms with Crippen molar-refractivity contribution in [1.29, 1.82) is 0 Å². The molecule has 0 atom stereocenters. The molecule has 0 bridgehead atoms. The van der Waals surface area contributed by atoms with Crippen LogP contribution in [0.3, 0.4) is 0 Å². The molecule has 0 aromatic carbocycles. The van der Waals surface area contributed by atoms with Gasteiger partial charge in [-0.15, -0.1) is 0 Å². The number of nitrogens with zero attached hydrogens (tertiary/aromatic N) is 1. The predicted octanol–water partition coefficient (Wildman–Crippen LogP) is 0.217. The molecule has 1 amide bonds. The van der Waals surface area contributed by atoms with Gasteiger partial charge in [-0.3, -0.25) is 4.79 Å². The average molecular weight is 156 g/mol. The van der Waals surface area contributed by atoms with Gasteiger partial charge in [0.05, 0.1) is 6.04 Å². The van der Waals surface area contributed by atoms with Gasteiger partial charge in [-0.2, -0.15) is 0 Å². The van der Waals surface area contributed by atoms with Crippen molar-refractivity contribution in [3.8, 4) is 0 Å². The normalized spacial score (nSPS) is 19.5. The van der Waals surface area contributed by atoms with Crippen LogP contribution in [0.2, 0.25) is 0 Å². The zero-order chi connectivity index (χ0) is 8.27. The summed E-state index contributed by atoms with van der Waals surface area (Å²) in [5, 5.41) is 2.97. The van der Waals surface area contributed by atoms with E-state index in [1.165, 1.54) is 0 Å². The van der Waals surface area contributed by atoms with Crippen molar-refractivity contribution in [2.75, 3.05) is 20.1 Å². The van der Waals surface area contributed by atoms with Crippen molar-refractivity contribution in [1.82, 2.24) is 10.2 Å². The first-order valence-corrected chi connectivity index (χ1v) is 4.20. The van der Waals surface area contributed by atoms with Crippen LogP contribution in [0.25, 0.3) is 0 Å². The Morgan fingerprint density at radius 1 is 1.64 bits per heavy atom. The van der Waals surface area contributed by atoms with Gasteiger partial charge in [0.25, 0.3) is 0 Å². The van der Waals surface area contributed by atoms with E-state index in [9.17, 15) is 4.79 Å². The maximum Gasteiger partial charge on any atom is 0.220 e. The molecule has 3 nitrogen and oxygen atoms in total. The van der Waals surface area contributed by atoms with Crippen molar-refractivity contribution >= 4 is 5.91 Å². The molecule has 1 heterocycles. The number of carbonyl (C=O) groups is 1. The second-order valence-corrected chi connectivity index (χ2v) is 3.24. The highest BCUT2D eigenvalue weighted by Crippen LogP contribution is 2.03. The van der Waals surface area contributed by atoms with Crippen LogP contribution in [0.1, 0.15) is 19.8 Å². The molecule has 0 saturated carbocycles. The lowest BCUT2D eigenvalue weighted by Gasteiger charge is -2.36. The Hall–Kier alpha value is -0.570. The Labute approximate surface area is 67.8 Å². The van der Waals surface area contributed by atoms with Gasteiger partial charge >= 0.3 is 0 Å². The van der Waals surface area contributed by atoms with E-state index in [0.717, 1.165) is 19.5 Å². The molecule has 1 fully saturated rings. The van der Waals surface area contributed by atoms with Gasteiger partial charge in [-0.05, 0) is 13.5 Å². The lowest BCUT2D eigenvalue weighted by atomic mass is 10.1. The number of amides is 1. The molecule has 1 aliphatic heterocycles. The fraction of sp³-hybridized carbons (Fsp3) is 0.875. The van der Waals surface area contributed by atoms with Crippen LogP contribution in [0, 0.1) is 0 Å². The molecule has 0 spiro atoms. The lowest BCUT2D eigenvalue weighted by molar-refractivity contribution is -0.122. The summed E-state index contributed by atoms with van der Waals surface area (Å²) in [5.41, 5.74) is 0. The average Bonchev–Trinajstić information content (AvgIpc) is 1.85. The fourth-order valence-corrected chi connectivity index (χ4v) is 1.32. The van der Waals surface area contributed by atoms with Crippen LogP contribution in [0.4, 0.5) is 0 Å². The molecule has 3 heteroatoms. The summed E-state index contributed by atoms with van der Waals surface area (Å²) in [5.74, 6) is 0.200. The minimum Gasteiger partial charge on any atom is -0.351 e. The van der Waals surface area contributed by atoms with Crippen LogP contribution >= 0.6 is 0 Å².